The molecule has 2 aromatic heterocycles. The standard InChI is InChI=1S/C20H23ClN4/c1-3-24(2)20-11-23-19-9-15(10-22)17(12-25(19)20)16-7-6-14(8-18(16)21)13-4-5-13/h6-9,11-13H,3-5,10,22H2,1-2H3. The Kier molecular flexibility index (Phi) is 4.18. The van der Waals surface area contributed by atoms with Gasteiger partial charge in [0.05, 0.1) is 6.20 Å². The Morgan fingerprint density at radius 3 is 2.72 bits per heavy atom. The van der Waals surface area contributed by atoms with Crippen molar-refractivity contribution in [2.75, 3.05) is 18.5 Å². The summed E-state index contributed by atoms with van der Waals surface area (Å²) in [6, 6.07) is 8.52. The van der Waals surface area contributed by atoms with Crippen molar-refractivity contribution in [1.29, 1.82) is 0 Å². The van der Waals surface area contributed by atoms with Crippen molar-refractivity contribution in [3.8, 4) is 11.1 Å². The molecule has 0 unspecified atom stereocenters. The summed E-state index contributed by atoms with van der Waals surface area (Å²) in [4.78, 5) is 6.70. The highest BCUT2D eigenvalue weighted by Gasteiger charge is 2.24. The number of pyridine rings is 1. The molecule has 1 saturated carbocycles. The Balaban J connectivity index is 1.87. The summed E-state index contributed by atoms with van der Waals surface area (Å²) in [7, 11) is 2.07. The molecule has 0 spiro atoms. The summed E-state index contributed by atoms with van der Waals surface area (Å²) in [6.45, 7) is 3.50. The predicted molar refractivity (Wildman–Crippen MR) is 104 cm³/mol. The molecule has 0 amide bonds. The zero-order valence-corrected chi connectivity index (χ0v) is 15.4. The van der Waals surface area contributed by atoms with Crippen LogP contribution in [0.25, 0.3) is 16.8 Å². The summed E-state index contributed by atoms with van der Waals surface area (Å²) >= 11 is 6.64. The quantitative estimate of drug-likeness (QED) is 0.736. The lowest BCUT2D eigenvalue weighted by atomic mass is 9.99. The van der Waals surface area contributed by atoms with Gasteiger partial charge in [-0.1, -0.05) is 23.7 Å². The molecular weight excluding hydrogens is 332 g/mol. The van der Waals surface area contributed by atoms with Gasteiger partial charge in [-0.15, -0.1) is 0 Å². The molecule has 4 rings (SSSR count). The number of hydrogen-bond acceptors (Lipinski definition) is 3. The molecule has 130 valence electrons. The van der Waals surface area contributed by atoms with Crippen molar-refractivity contribution in [2.45, 2.75) is 32.2 Å². The van der Waals surface area contributed by atoms with Crippen LogP contribution in [0.3, 0.4) is 0 Å². The van der Waals surface area contributed by atoms with E-state index in [2.05, 4.69) is 58.7 Å². The van der Waals surface area contributed by atoms with E-state index in [4.69, 9.17) is 17.3 Å². The maximum Gasteiger partial charge on any atom is 0.138 e. The van der Waals surface area contributed by atoms with Crippen LogP contribution in [0.1, 0.15) is 36.8 Å². The molecule has 0 aliphatic heterocycles. The average Bonchev–Trinajstić information content (AvgIpc) is 3.40. The van der Waals surface area contributed by atoms with Crippen LogP contribution < -0.4 is 10.6 Å². The third-order valence-electron chi connectivity index (χ3n) is 5.13. The molecule has 0 radical (unpaired) electrons. The minimum Gasteiger partial charge on any atom is -0.360 e. The van der Waals surface area contributed by atoms with E-state index in [1.165, 1.54) is 18.4 Å². The number of nitrogens with zero attached hydrogens (tertiary/aromatic N) is 3. The van der Waals surface area contributed by atoms with Gasteiger partial charge in [-0.25, -0.2) is 4.98 Å². The van der Waals surface area contributed by atoms with Gasteiger partial charge in [0.25, 0.3) is 0 Å². The van der Waals surface area contributed by atoms with Crippen LogP contribution in [-0.4, -0.2) is 23.0 Å². The lowest BCUT2D eigenvalue weighted by molar-refractivity contribution is 0.924. The fourth-order valence-electron chi connectivity index (χ4n) is 3.33. The van der Waals surface area contributed by atoms with Crippen LogP contribution in [0.15, 0.2) is 36.7 Å². The van der Waals surface area contributed by atoms with Gasteiger partial charge in [0.15, 0.2) is 0 Å². The number of nitrogens with two attached hydrogens (primary N) is 1. The van der Waals surface area contributed by atoms with E-state index in [1.807, 2.05) is 6.20 Å². The Morgan fingerprint density at radius 2 is 2.08 bits per heavy atom. The van der Waals surface area contributed by atoms with Crippen LogP contribution >= 0.6 is 11.6 Å². The monoisotopic (exact) mass is 354 g/mol. The van der Waals surface area contributed by atoms with E-state index in [9.17, 15) is 0 Å². The first-order valence-corrected chi connectivity index (χ1v) is 9.21. The van der Waals surface area contributed by atoms with E-state index in [1.54, 1.807) is 0 Å². The fourth-order valence-corrected chi connectivity index (χ4v) is 3.62. The van der Waals surface area contributed by atoms with Crippen LogP contribution in [0.2, 0.25) is 5.02 Å². The summed E-state index contributed by atoms with van der Waals surface area (Å²) in [5, 5.41) is 0.795. The largest absolute Gasteiger partial charge is 0.360 e. The van der Waals surface area contributed by atoms with Crippen LogP contribution in [-0.2, 0) is 6.54 Å². The fraction of sp³-hybridized carbons (Fsp3) is 0.350. The summed E-state index contributed by atoms with van der Waals surface area (Å²) in [6.07, 6.45) is 6.57. The van der Waals surface area contributed by atoms with Crippen LogP contribution in [0, 0.1) is 0 Å². The lowest BCUT2D eigenvalue weighted by Crippen LogP contribution is -2.17. The van der Waals surface area contributed by atoms with Gasteiger partial charge < -0.3 is 10.6 Å². The van der Waals surface area contributed by atoms with E-state index in [0.29, 0.717) is 12.5 Å². The summed E-state index contributed by atoms with van der Waals surface area (Å²) in [5.74, 6) is 1.76. The molecule has 4 nitrogen and oxygen atoms in total. The molecule has 1 fully saturated rings. The normalized spacial score (nSPS) is 14.2. The first-order valence-electron chi connectivity index (χ1n) is 8.83. The van der Waals surface area contributed by atoms with Crippen molar-refractivity contribution in [2.24, 2.45) is 5.73 Å². The SMILES string of the molecule is CCN(C)c1cnc2cc(CN)c(-c3ccc(C4CC4)cc3Cl)cn12. The molecule has 0 saturated heterocycles. The second-order valence-corrected chi connectivity index (χ2v) is 7.20. The Hall–Kier alpha value is -2.04. The van der Waals surface area contributed by atoms with Crippen molar-refractivity contribution >= 4 is 23.1 Å². The van der Waals surface area contributed by atoms with Crippen molar-refractivity contribution < 1.29 is 0 Å². The molecule has 0 atom stereocenters. The molecule has 2 N–H and O–H groups in total. The third-order valence-corrected chi connectivity index (χ3v) is 5.44. The predicted octanol–water partition coefficient (Wildman–Crippen LogP) is 4.45. The maximum atomic E-state index is 6.64. The number of imidazole rings is 1. The van der Waals surface area contributed by atoms with E-state index < -0.39 is 0 Å². The molecule has 0 bridgehead atoms. The van der Waals surface area contributed by atoms with Crippen LogP contribution in [0.5, 0.6) is 0 Å². The third kappa shape index (κ3) is 2.90. The molecule has 1 aliphatic rings. The topological polar surface area (TPSA) is 46.6 Å². The van der Waals surface area contributed by atoms with Crippen molar-refractivity contribution in [1.82, 2.24) is 9.38 Å². The van der Waals surface area contributed by atoms with Gasteiger partial charge in [0, 0.05) is 42.5 Å². The zero-order chi connectivity index (χ0) is 17.6. The molecule has 1 aromatic carbocycles. The Labute approximate surface area is 153 Å². The summed E-state index contributed by atoms with van der Waals surface area (Å²) < 4.78 is 2.11. The number of fused-ring (bicyclic) bond motifs is 1. The van der Waals surface area contributed by atoms with Gasteiger partial charge in [-0.2, -0.15) is 0 Å². The molecule has 2 heterocycles. The molecule has 5 heteroatoms. The van der Waals surface area contributed by atoms with Gasteiger partial charge in [-0.3, -0.25) is 4.40 Å². The molecule has 3 aromatic rings. The minimum absolute atomic E-state index is 0.457. The van der Waals surface area contributed by atoms with Gasteiger partial charge in [0.1, 0.15) is 11.5 Å². The average molecular weight is 355 g/mol. The second-order valence-electron chi connectivity index (χ2n) is 6.79. The van der Waals surface area contributed by atoms with Crippen LogP contribution in [0.4, 0.5) is 5.82 Å². The summed E-state index contributed by atoms with van der Waals surface area (Å²) in [5.41, 5.74) is 11.4. The van der Waals surface area contributed by atoms with Crippen molar-refractivity contribution in [3.63, 3.8) is 0 Å². The zero-order valence-electron chi connectivity index (χ0n) is 14.7. The lowest BCUT2D eigenvalue weighted by Gasteiger charge is -2.17. The number of hydrogen-bond donors (Lipinski definition) is 1. The molecule has 1 aliphatic carbocycles. The number of anilines is 1. The van der Waals surface area contributed by atoms with Gasteiger partial charge in [-0.05, 0) is 48.9 Å². The second kappa shape index (κ2) is 6.36. The Morgan fingerprint density at radius 1 is 1.28 bits per heavy atom. The smallest absolute Gasteiger partial charge is 0.138 e. The maximum absolute atomic E-state index is 6.64. The minimum atomic E-state index is 0.457. The number of halogens is 1. The van der Waals surface area contributed by atoms with Gasteiger partial charge >= 0.3 is 0 Å². The first kappa shape index (κ1) is 16.4. The molecular formula is C20H23ClN4. The van der Waals surface area contributed by atoms with E-state index in [0.717, 1.165) is 39.7 Å². The highest BCUT2D eigenvalue weighted by molar-refractivity contribution is 6.33. The highest BCUT2D eigenvalue weighted by Crippen LogP contribution is 2.42. The number of rotatable bonds is 5. The highest BCUT2D eigenvalue weighted by atomic mass is 35.5. The number of aromatic nitrogens is 2. The van der Waals surface area contributed by atoms with E-state index in [-0.39, 0.29) is 0 Å². The van der Waals surface area contributed by atoms with Gasteiger partial charge in [0.2, 0.25) is 0 Å². The van der Waals surface area contributed by atoms with E-state index >= 15 is 0 Å². The number of benzene rings is 1. The van der Waals surface area contributed by atoms with Crippen molar-refractivity contribution in [3.05, 3.63) is 52.8 Å². The first-order chi connectivity index (χ1) is 12.1. The molecule has 25 heavy (non-hydrogen) atoms. The Bertz CT molecular complexity index is 927.